The van der Waals surface area contributed by atoms with Gasteiger partial charge in [-0.3, -0.25) is 4.79 Å². The normalized spacial score (nSPS) is 11.0. The van der Waals surface area contributed by atoms with Gasteiger partial charge in [0.1, 0.15) is 12.4 Å². The molecule has 7 heteroatoms. The summed E-state index contributed by atoms with van der Waals surface area (Å²) in [6.45, 7) is 7.57. The lowest BCUT2D eigenvalue weighted by molar-refractivity contribution is -0.111. The van der Waals surface area contributed by atoms with Crippen LogP contribution in [-0.4, -0.2) is 51.3 Å². The van der Waals surface area contributed by atoms with Crippen molar-refractivity contribution in [1.29, 1.82) is 0 Å². The van der Waals surface area contributed by atoms with Crippen molar-refractivity contribution in [1.82, 2.24) is 4.90 Å². The van der Waals surface area contributed by atoms with Crippen molar-refractivity contribution in [2.24, 2.45) is 0 Å². The van der Waals surface area contributed by atoms with Crippen LogP contribution >= 0.6 is 11.6 Å². The smallest absolute Gasteiger partial charge is 0.248 e. The number of carbonyl (C=O) groups is 1. The van der Waals surface area contributed by atoms with Crippen molar-refractivity contribution in [3.05, 3.63) is 53.1 Å². The Morgan fingerprint density at radius 2 is 1.83 bits per heavy atom. The molecule has 162 valence electrons. The predicted octanol–water partition coefficient (Wildman–Crippen LogP) is 4.73. The molecule has 0 fully saturated rings. The molecule has 0 saturated heterocycles. The molecule has 1 N–H and O–H groups in total. The van der Waals surface area contributed by atoms with Gasteiger partial charge in [0.25, 0.3) is 0 Å². The van der Waals surface area contributed by atoms with E-state index in [2.05, 4.69) is 24.1 Å². The summed E-state index contributed by atoms with van der Waals surface area (Å²) < 4.78 is 16.4. The van der Waals surface area contributed by atoms with Crippen LogP contribution < -0.4 is 19.5 Å². The number of anilines is 1. The molecule has 0 saturated carbocycles. The first-order valence-corrected chi connectivity index (χ1v) is 10.2. The van der Waals surface area contributed by atoms with Gasteiger partial charge >= 0.3 is 0 Å². The number of carbonyl (C=O) groups excluding carboxylic acids is 1. The Hall–Kier alpha value is -2.70. The lowest BCUT2D eigenvalue weighted by atomic mass is 10.2. The first-order valence-electron chi connectivity index (χ1n) is 9.87. The van der Waals surface area contributed by atoms with Gasteiger partial charge in [-0.15, -0.1) is 0 Å². The topological polar surface area (TPSA) is 60.0 Å². The number of nitrogens with one attached hydrogen (secondary N) is 1. The number of likely N-dealkylation sites (N-methyl/N-ethyl adjacent to an activating group) is 1. The third-order valence-electron chi connectivity index (χ3n) is 4.59. The average molecular weight is 433 g/mol. The quantitative estimate of drug-likeness (QED) is 0.520. The van der Waals surface area contributed by atoms with E-state index in [0.29, 0.717) is 34.6 Å². The maximum absolute atomic E-state index is 12.4. The lowest BCUT2D eigenvalue weighted by Crippen LogP contribution is -2.28. The highest BCUT2D eigenvalue weighted by Gasteiger charge is 2.10. The van der Waals surface area contributed by atoms with E-state index in [0.717, 1.165) is 25.2 Å². The van der Waals surface area contributed by atoms with Crippen LogP contribution in [0.3, 0.4) is 0 Å². The summed E-state index contributed by atoms with van der Waals surface area (Å²) in [6.07, 6.45) is 3.09. The molecule has 2 aromatic carbocycles. The van der Waals surface area contributed by atoms with E-state index in [1.807, 2.05) is 24.3 Å². The van der Waals surface area contributed by atoms with Crippen LogP contribution in [0.4, 0.5) is 5.69 Å². The van der Waals surface area contributed by atoms with Crippen LogP contribution in [0.5, 0.6) is 17.2 Å². The molecule has 0 aliphatic rings. The highest BCUT2D eigenvalue weighted by Crippen LogP contribution is 2.36. The maximum Gasteiger partial charge on any atom is 0.248 e. The van der Waals surface area contributed by atoms with Crippen molar-refractivity contribution in [2.75, 3.05) is 45.8 Å². The summed E-state index contributed by atoms with van der Waals surface area (Å²) in [5.74, 6) is 1.31. The number of methoxy groups -OCH3 is 2. The summed E-state index contributed by atoms with van der Waals surface area (Å²) >= 11 is 6.21. The third-order valence-corrected chi connectivity index (χ3v) is 4.87. The summed E-state index contributed by atoms with van der Waals surface area (Å²) in [6, 6.07) is 10.8. The first-order chi connectivity index (χ1) is 14.5. The first kappa shape index (κ1) is 23.6. The lowest BCUT2D eigenvalue weighted by Gasteiger charge is -2.19. The van der Waals surface area contributed by atoms with E-state index in [4.69, 9.17) is 25.8 Å². The molecule has 6 nitrogen and oxygen atoms in total. The molecule has 2 aromatic rings. The number of ether oxygens (including phenoxy) is 3. The molecule has 30 heavy (non-hydrogen) atoms. The number of benzene rings is 2. The molecule has 0 aliphatic heterocycles. The number of para-hydroxylation sites is 2. The van der Waals surface area contributed by atoms with E-state index in [-0.39, 0.29) is 5.91 Å². The predicted molar refractivity (Wildman–Crippen MR) is 122 cm³/mol. The van der Waals surface area contributed by atoms with Gasteiger partial charge in [-0.2, -0.15) is 0 Å². The van der Waals surface area contributed by atoms with E-state index in [9.17, 15) is 4.79 Å². The molecule has 0 radical (unpaired) electrons. The van der Waals surface area contributed by atoms with E-state index in [1.54, 1.807) is 18.2 Å². The van der Waals surface area contributed by atoms with Gasteiger partial charge in [0, 0.05) is 12.6 Å². The number of rotatable bonds is 11. The number of halogens is 1. The minimum atomic E-state index is -0.277. The fourth-order valence-electron chi connectivity index (χ4n) is 2.90. The molecule has 1 amide bonds. The number of hydrogen-bond donors (Lipinski definition) is 1. The second-order valence-corrected chi connectivity index (χ2v) is 6.84. The van der Waals surface area contributed by atoms with Crippen LogP contribution in [0.2, 0.25) is 5.02 Å². The fraction of sp³-hybridized carbons (Fsp3) is 0.348. The van der Waals surface area contributed by atoms with Crippen LogP contribution in [0.25, 0.3) is 6.08 Å². The van der Waals surface area contributed by atoms with Gasteiger partial charge in [-0.1, -0.05) is 37.6 Å². The average Bonchev–Trinajstić information content (AvgIpc) is 2.76. The van der Waals surface area contributed by atoms with Crippen LogP contribution in [0.15, 0.2) is 42.5 Å². The number of amides is 1. The van der Waals surface area contributed by atoms with Crippen molar-refractivity contribution in [2.45, 2.75) is 13.8 Å². The molecule has 0 aromatic heterocycles. The van der Waals surface area contributed by atoms with Crippen LogP contribution in [0.1, 0.15) is 19.4 Å². The molecular weight excluding hydrogens is 404 g/mol. The van der Waals surface area contributed by atoms with Crippen molar-refractivity contribution in [3.63, 3.8) is 0 Å². The minimum Gasteiger partial charge on any atom is -0.493 e. The Morgan fingerprint density at radius 3 is 2.50 bits per heavy atom. The van der Waals surface area contributed by atoms with Gasteiger partial charge in [-0.25, -0.2) is 0 Å². The van der Waals surface area contributed by atoms with E-state index < -0.39 is 0 Å². The highest BCUT2D eigenvalue weighted by atomic mass is 35.5. The summed E-state index contributed by atoms with van der Waals surface area (Å²) in [5.41, 5.74) is 1.34. The van der Waals surface area contributed by atoms with Crippen LogP contribution in [0, 0.1) is 0 Å². The Kier molecular flexibility index (Phi) is 9.51. The van der Waals surface area contributed by atoms with Crippen molar-refractivity contribution < 1.29 is 19.0 Å². The second-order valence-electron chi connectivity index (χ2n) is 6.43. The van der Waals surface area contributed by atoms with Gasteiger partial charge in [0.2, 0.25) is 5.91 Å². The zero-order valence-corrected chi connectivity index (χ0v) is 18.7. The van der Waals surface area contributed by atoms with E-state index >= 15 is 0 Å². The SMILES string of the molecule is CCN(CC)CCOc1ccccc1NC(=O)/C=C/c1cc(Cl)c(OC)c(OC)c1. The van der Waals surface area contributed by atoms with Gasteiger partial charge in [0.15, 0.2) is 11.5 Å². The Labute approximate surface area is 183 Å². The Balaban J connectivity index is 2.04. The summed E-state index contributed by atoms with van der Waals surface area (Å²) in [5, 5.41) is 3.27. The van der Waals surface area contributed by atoms with Crippen molar-refractivity contribution in [3.8, 4) is 17.2 Å². The zero-order chi connectivity index (χ0) is 21.9. The zero-order valence-electron chi connectivity index (χ0n) is 17.9. The molecule has 0 spiro atoms. The molecule has 0 atom stereocenters. The monoisotopic (exact) mass is 432 g/mol. The standard InChI is InChI=1S/C23H29ClN2O4/c1-5-26(6-2)13-14-30-20-10-8-7-9-19(20)25-22(27)12-11-17-15-18(24)23(29-4)21(16-17)28-3/h7-12,15-16H,5-6,13-14H2,1-4H3,(H,25,27)/b12-11+. The molecule has 0 heterocycles. The molecule has 0 unspecified atom stereocenters. The fourth-order valence-corrected chi connectivity index (χ4v) is 3.20. The van der Waals surface area contributed by atoms with Gasteiger partial charge < -0.3 is 24.4 Å². The van der Waals surface area contributed by atoms with E-state index in [1.165, 1.54) is 20.3 Å². The highest BCUT2D eigenvalue weighted by molar-refractivity contribution is 6.32. The Bertz CT molecular complexity index is 866. The van der Waals surface area contributed by atoms with Gasteiger partial charge in [-0.05, 0) is 49.0 Å². The number of nitrogens with zero attached hydrogens (tertiary/aromatic N) is 1. The molecule has 0 aliphatic carbocycles. The summed E-state index contributed by atoms with van der Waals surface area (Å²) in [4.78, 5) is 14.7. The minimum absolute atomic E-state index is 0.277. The molecule has 2 rings (SSSR count). The Morgan fingerprint density at radius 1 is 1.10 bits per heavy atom. The largest absolute Gasteiger partial charge is 0.493 e. The van der Waals surface area contributed by atoms with Crippen molar-refractivity contribution >= 4 is 29.3 Å². The maximum atomic E-state index is 12.4. The number of hydrogen-bond acceptors (Lipinski definition) is 5. The second kappa shape index (κ2) is 12.1. The van der Waals surface area contributed by atoms with Gasteiger partial charge in [0.05, 0.1) is 24.9 Å². The molecule has 0 bridgehead atoms. The molecular formula is C23H29ClN2O4. The van der Waals surface area contributed by atoms with Crippen LogP contribution in [-0.2, 0) is 4.79 Å². The third kappa shape index (κ3) is 6.68. The summed E-state index contributed by atoms with van der Waals surface area (Å²) in [7, 11) is 3.06.